The number of carbonyl (C=O) groups is 1. The summed E-state index contributed by atoms with van der Waals surface area (Å²) < 4.78 is 1.27. The van der Waals surface area contributed by atoms with Crippen molar-refractivity contribution in [1.82, 2.24) is 9.55 Å². The number of aromatic nitrogens is 2. The van der Waals surface area contributed by atoms with Crippen LogP contribution in [0.2, 0.25) is 5.02 Å². The van der Waals surface area contributed by atoms with E-state index < -0.39 is 16.4 Å². The van der Waals surface area contributed by atoms with Gasteiger partial charge < -0.3 is 5.32 Å². The summed E-state index contributed by atoms with van der Waals surface area (Å²) in [6, 6.07) is 10.6. The monoisotopic (exact) mass is 358 g/mol. The van der Waals surface area contributed by atoms with Gasteiger partial charge in [-0.05, 0) is 18.2 Å². The van der Waals surface area contributed by atoms with E-state index in [1.54, 1.807) is 24.3 Å². The lowest BCUT2D eigenvalue weighted by atomic mass is 10.2. The van der Waals surface area contributed by atoms with Crippen LogP contribution in [0.25, 0.3) is 11.0 Å². The fraction of sp³-hybridized carbons (Fsp3) is 0.0625. The van der Waals surface area contributed by atoms with Crippen molar-refractivity contribution in [1.29, 1.82) is 0 Å². The molecule has 0 aliphatic rings. The summed E-state index contributed by atoms with van der Waals surface area (Å²) in [6.45, 7) is -0.277. The first-order chi connectivity index (χ1) is 12.0. The number of non-ortho nitro benzene ring substituents is 1. The summed E-state index contributed by atoms with van der Waals surface area (Å²) in [7, 11) is 0. The topological polar surface area (TPSA) is 107 Å². The molecular weight excluding hydrogens is 348 g/mol. The molecule has 1 aromatic heterocycles. The smallest absolute Gasteiger partial charge is 0.271 e. The standard InChI is InChI=1S/C16H11ClN4O4/c17-11-6-5-10(21(24)25)7-13(11)19-15(22)9-20-14-4-2-1-3-12(14)18-8-16(20)23/h1-8H,9H2,(H,19,22). The number of fused-ring (bicyclic) bond motifs is 1. The fourth-order valence-corrected chi connectivity index (χ4v) is 2.50. The molecule has 3 rings (SSSR count). The van der Waals surface area contributed by atoms with E-state index in [4.69, 9.17) is 11.6 Å². The first-order valence-corrected chi connectivity index (χ1v) is 7.52. The molecule has 9 heteroatoms. The molecule has 0 bridgehead atoms. The first-order valence-electron chi connectivity index (χ1n) is 7.14. The van der Waals surface area contributed by atoms with Crippen molar-refractivity contribution in [3.8, 4) is 0 Å². The van der Waals surface area contributed by atoms with Crippen molar-refractivity contribution in [3.05, 3.63) is 74.2 Å². The maximum atomic E-state index is 12.3. The van der Waals surface area contributed by atoms with E-state index in [2.05, 4.69) is 10.3 Å². The number of para-hydroxylation sites is 2. The summed E-state index contributed by atoms with van der Waals surface area (Å²) in [5.74, 6) is -0.541. The zero-order chi connectivity index (χ0) is 18.0. The van der Waals surface area contributed by atoms with Crippen molar-refractivity contribution >= 4 is 39.9 Å². The molecule has 0 aliphatic heterocycles. The summed E-state index contributed by atoms with van der Waals surface area (Å²) >= 11 is 5.96. The highest BCUT2D eigenvalue weighted by atomic mass is 35.5. The van der Waals surface area contributed by atoms with E-state index in [0.29, 0.717) is 11.0 Å². The molecule has 0 aliphatic carbocycles. The Morgan fingerprint density at radius 1 is 1.28 bits per heavy atom. The van der Waals surface area contributed by atoms with Crippen LogP contribution in [0.1, 0.15) is 0 Å². The lowest BCUT2D eigenvalue weighted by Crippen LogP contribution is -2.28. The average Bonchev–Trinajstić information content (AvgIpc) is 2.59. The highest BCUT2D eigenvalue weighted by Crippen LogP contribution is 2.26. The number of anilines is 1. The van der Waals surface area contributed by atoms with Gasteiger partial charge in [0.15, 0.2) is 0 Å². The Hall–Kier alpha value is -3.26. The second kappa shape index (κ2) is 6.70. The molecule has 1 N–H and O–H groups in total. The van der Waals surface area contributed by atoms with Gasteiger partial charge in [0.1, 0.15) is 6.54 Å². The predicted octanol–water partition coefficient (Wildman–Crippen LogP) is 2.60. The fourth-order valence-electron chi connectivity index (χ4n) is 2.33. The minimum atomic E-state index is -0.590. The van der Waals surface area contributed by atoms with Gasteiger partial charge >= 0.3 is 0 Å². The third-order valence-electron chi connectivity index (χ3n) is 3.49. The zero-order valence-corrected chi connectivity index (χ0v) is 13.4. The average molecular weight is 359 g/mol. The molecule has 0 unspecified atom stereocenters. The van der Waals surface area contributed by atoms with E-state index in [1.165, 1.54) is 16.7 Å². The molecule has 0 saturated carbocycles. The van der Waals surface area contributed by atoms with Crippen LogP contribution in [0, 0.1) is 10.1 Å². The molecule has 126 valence electrons. The van der Waals surface area contributed by atoms with Crippen LogP contribution >= 0.6 is 11.6 Å². The normalized spacial score (nSPS) is 10.6. The van der Waals surface area contributed by atoms with Gasteiger partial charge in [-0.1, -0.05) is 23.7 Å². The van der Waals surface area contributed by atoms with Crippen molar-refractivity contribution < 1.29 is 9.72 Å². The van der Waals surface area contributed by atoms with Gasteiger partial charge in [0.25, 0.3) is 11.2 Å². The Labute approximate surface area is 145 Å². The molecule has 1 heterocycles. The van der Waals surface area contributed by atoms with E-state index in [-0.39, 0.29) is 22.9 Å². The van der Waals surface area contributed by atoms with Gasteiger partial charge in [-0.2, -0.15) is 0 Å². The summed E-state index contributed by atoms with van der Waals surface area (Å²) in [4.78, 5) is 38.6. The van der Waals surface area contributed by atoms with Gasteiger partial charge in [0.2, 0.25) is 5.91 Å². The molecule has 1 amide bonds. The Kier molecular flexibility index (Phi) is 4.44. The number of nitrogens with one attached hydrogen (secondary N) is 1. The summed E-state index contributed by atoms with van der Waals surface area (Å²) in [5, 5.41) is 13.5. The van der Waals surface area contributed by atoms with Crippen LogP contribution in [0.4, 0.5) is 11.4 Å². The number of hydrogen-bond donors (Lipinski definition) is 1. The molecule has 2 aromatic carbocycles. The maximum Gasteiger partial charge on any atom is 0.271 e. The minimum absolute atomic E-state index is 0.104. The van der Waals surface area contributed by atoms with Crippen LogP contribution in [0.15, 0.2) is 53.5 Å². The number of nitrogens with zero attached hydrogens (tertiary/aromatic N) is 3. The van der Waals surface area contributed by atoms with Gasteiger partial charge in [0.05, 0.1) is 32.9 Å². The Balaban J connectivity index is 1.89. The number of hydrogen-bond acceptors (Lipinski definition) is 5. The molecule has 0 saturated heterocycles. The summed E-state index contributed by atoms with van der Waals surface area (Å²) in [5.41, 5.74) is 0.552. The lowest BCUT2D eigenvalue weighted by Gasteiger charge is -2.10. The molecule has 25 heavy (non-hydrogen) atoms. The summed E-state index contributed by atoms with van der Waals surface area (Å²) in [6.07, 6.45) is 1.13. The van der Waals surface area contributed by atoms with Crippen molar-refractivity contribution in [2.45, 2.75) is 6.54 Å². The van der Waals surface area contributed by atoms with E-state index in [0.717, 1.165) is 12.3 Å². The van der Waals surface area contributed by atoms with Crippen molar-refractivity contribution in [3.63, 3.8) is 0 Å². The molecular formula is C16H11ClN4O4. The van der Waals surface area contributed by atoms with Crippen LogP contribution in [-0.4, -0.2) is 20.4 Å². The Bertz CT molecular complexity index is 1050. The van der Waals surface area contributed by atoms with Gasteiger partial charge in [0, 0.05) is 12.1 Å². The zero-order valence-electron chi connectivity index (χ0n) is 12.7. The quantitative estimate of drug-likeness (QED) is 0.569. The van der Waals surface area contributed by atoms with Crippen molar-refractivity contribution in [2.24, 2.45) is 0 Å². The third kappa shape index (κ3) is 3.48. The molecule has 0 atom stereocenters. The number of nitro groups is 1. The molecule has 0 fully saturated rings. The molecule has 3 aromatic rings. The minimum Gasteiger partial charge on any atom is -0.323 e. The number of carbonyl (C=O) groups excluding carboxylic acids is 1. The van der Waals surface area contributed by atoms with Gasteiger partial charge in [-0.3, -0.25) is 24.3 Å². The highest BCUT2D eigenvalue weighted by Gasteiger charge is 2.14. The first kappa shape index (κ1) is 16.6. The Morgan fingerprint density at radius 3 is 2.80 bits per heavy atom. The van der Waals surface area contributed by atoms with Gasteiger partial charge in [-0.25, -0.2) is 4.98 Å². The molecule has 0 radical (unpaired) electrons. The SMILES string of the molecule is O=C(Cn1c(=O)cnc2ccccc21)Nc1cc([N+](=O)[O-])ccc1Cl. The number of halogens is 1. The van der Waals surface area contributed by atoms with Gasteiger partial charge in [-0.15, -0.1) is 0 Å². The third-order valence-corrected chi connectivity index (χ3v) is 3.82. The van der Waals surface area contributed by atoms with Crippen LogP contribution in [0.3, 0.4) is 0 Å². The predicted molar refractivity (Wildman–Crippen MR) is 92.7 cm³/mol. The Morgan fingerprint density at radius 2 is 2.04 bits per heavy atom. The largest absolute Gasteiger partial charge is 0.323 e. The molecule has 0 spiro atoms. The van der Waals surface area contributed by atoms with Crippen LogP contribution < -0.4 is 10.9 Å². The van der Waals surface area contributed by atoms with E-state index >= 15 is 0 Å². The number of nitro benzene ring substituents is 1. The number of benzene rings is 2. The number of rotatable bonds is 4. The van der Waals surface area contributed by atoms with Crippen molar-refractivity contribution in [2.75, 3.05) is 5.32 Å². The maximum absolute atomic E-state index is 12.3. The van der Waals surface area contributed by atoms with E-state index in [9.17, 15) is 19.7 Å². The second-order valence-corrected chi connectivity index (χ2v) is 5.55. The lowest BCUT2D eigenvalue weighted by molar-refractivity contribution is -0.384. The number of amides is 1. The highest BCUT2D eigenvalue weighted by molar-refractivity contribution is 6.33. The second-order valence-electron chi connectivity index (χ2n) is 5.14. The van der Waals surface area contributed by atoms with E-state index in [1.807, 2.05) is 0 Å². The van der Waals surface area contributed by atoms with Crippen LogP contribution in [0.5, 0.6) is 0 Å². The van der Waals surface area contributed by atoms with Crippen LogP contribution in [-0.2, 0) is 11.3 Å². The molecule has 8 nitrogen and oxygen atoms in total.